The van der Waals surface area contributed by atoms with Gasteiger partial charge in [-0.15, -0.1) is 6.54 Å². The molecule has 4 rings (SSSR count). The van der Waals surface area contributed by atoms with E-state index in [9.17, 15) is 4.79 Å². The number of nitrogens with zero attached hydrogens (tertiary/aromatic N) is 3. The van der Waals surface area contributed by atoms with Gasteiger partial charge in [0.2, 0.25) is 0 Å². The highest BCUT2D eigenvalue weighted by Crippen LogP contribution is 2.37. The van der Waals surface area contributed by atoms with Crippen molar-refractivity contribution in [2.24, 2.45) is 5.92 Å². The summed E-state index contributed by atoms with van der Waals surface area (Å²) in [6.07, 6.45) is 4.54. The van der Waals surface area contributed by atoms with Crippen molar-refractivity contribution in [3.63, 3.8) is 0 Å². The van der Waals surface area contributed by atoms with E-state index >= 15 is 0 Å². The number of carbonyl (C=O) groups excluding carboxylic acids is 1. The number of piperidine rings is 1. The SMILES string of the molecule is CC[C@@H]1CC[C@H]([C@@H](OC(=O)Cc2cc(C)no2)c2ccnc3ccccc23)[N-]C1. The van der Waals surface area contributed by atoms with Gasteiger partial charge in [-0.25, -0.2) is 0 Å². The van der Waals surface area contributed by atoms with Crippen molar-refractivity contribution >= 4 is 16.9 Å². The number of carbonyl (C=O) groups is 1. The smallest absolute Gasteiger partial charge is 0.314 e. The summed E-state index contributed by atoms with van der Waals surface area (Å²) in [7, 11) is 0. The first-order valence-electron chi connectivity index (χ1n) is 10.3. The zero-order chi connectivity index (χ0) is 20.2. The molecule has 1 fully saturated rings. The lowest BCUT2D eigenvalue weighted by Gasteiger charge is -2.45. The van der Waals surface area contributed by atoms with Crippen LogP contribution in [-0.2, 0) is 16.0 Å². The Morgan fingerprint density at radius 3 is 2.90 bits per heavy atom. The monoisotopic (exact) mass is 392 g/mol. The Bertz CT molecular complexity index is 971. The number of hydrogen-bond acceptors (Lipinski definition) is 5. The molecule has 3 aromatic rings. The highest BCUT2D eigenvalue weighted by Gasteiger charge is 2.26. The fourth-order valence-electron chi connectivity index (χ4n) is 3.99. The van der Waals surface area contributed by atoms with Gasteiger partial charge in [0.15, 0.2) is 0 Å². The van der Waals surface area contributed by atoms with E-state index in [0.29, 0.717) is 11.7 Å². The van der Waals surface area contributed by atoms with Crippen molar-refractivity contribution < 1.29 is 14.1 Å². The average Bonchev–Trinajstić information content (AvgIpc) is 3.16. The summed E-state index contributed by atoms with van der Waals surface area (Å²) in [6, 6.07) is 11.6. The van der Waals surface area contributed by atoms with E-state index in [4.69, 9.17) is 14.6 Å². The minimum absolute atomic E-state index is 0.0518. The van der Waals surface area contributed by atoms with Gasteiger partial charge < -0.3 is 14.6 Å². The summed E-state index contributed by atoms with van der Waals surface area (Å²) in [6.45, 7) is 4.85. The largest absolute Gasteiger partial charge is 0.656 e. The molecule has 1 aromatic carbocycles. The predicted molar refractivity (Wildman–Crippen MR) is 111 cm³/mol. The van der Waals surface area contributed by atoms with Crippen LogP contribution in [0.2, 0.25) is 0 Å². The summed E-state index contributed by atoms with van der Waals surface area (Å²) in [5, 5.41) is 9.74. The first-order valence-corrected chi connectivity index (χ1v) is 10.3. The Hall–Kier alpha value is -2.73. The molecule has 0 unspecified atom stereocenters. The normalized spacial score (nSPS) is 20.5. The highest BCUT2D eigenvalue weighted by atomic mass is 16.5. The third kappa shape index (κ3) is 4.48. The van der Waals surface area contributed by atoms with Crippen LogP contribution in [0, 0.1) is 12.8 Å². The number of esters is 1. The molecule has 3 heterocycles. The third-order valence-corrected chi connectivity index (χ3v) is 5.64. The molecule has 1 saturated heterocycles. The van der Waals surface area contributed by atoms with Gasteiger partial charge in [-0.3, -0.25) is 9.78 Å². The molecule has 6 nitrogen and oxygen atoms in total. The van der Waals surface area contributed by atoms with E-state index in [-0.39, 0.29) is 18.4 Å². The van der Waals surface area contributed by atoms with Gasteiger partial charge in [-0.05, 0) is 19.1 Å². The van der Waals surface area contributed by atoms with E-state index in [0.717, 1.165) is 48.0 Å². The molecule has 1 aliphatic heterocycles. The molecule has 0 radical (unpaired) electrons. The van der Waals surface area contributed by atoms with E-state index in [2.05, 4.69) is 17.1 Å². The Balaban J connectivity index is 1.61. The topological polar surface area (TPSA) is 79.3 Å². The molecule has 0 aliphatic carbocycles. The number of benzene rings is 1. The van der Waals surface area contributed by atoms with Crippen molar-refractivity contribution in [2.75, 3.05) is 6.54 Å². The summed E-state index contributed by atoms with van der Waals surface area (Å²) in [5.74, 6) is 0.797. The number of aryl methyl sites for hydroxylation is 1. The number of rotatable bonds is 6. The molecule has 6 heteroatoms. The highest BCUT2D eigenvalue weighted by molar-refractivity contribution is 5.83. The molecule has 152 valence electrons. The molecule has 0 amide bonds. The number of hydrogen-bond donors (Lipinski definition) is 0. The molecule has 0 bridgehead atoms. The van der Waals surface area contributed by atoms with Crippen LogP contribution in [0.4, 0.5) is 0 Å². The third-order valence-electron chi connectivity index (χ3n) is 5.64. The lowest BCUT2D eigenvalue weighted by Crippen LogP contribution is -2.30. The van der Waals surface area contributed by atoms with Crippen LogP contribution < -0.4 is 0 Å². The maximum absolute atomic E-state index is 12.7. The van der Waals surface area contributed by atoms with E-state index < -0.39 is 6.10 Å². The van der Waals surface area contributed by atoms with Crippen molar-refractivity contribution in [2.45, 2.75) is 51.7 Å². The van der Waals surface area contributed by atoms with Crippen molar-refractivity contribution in [3.05, 3.63) is 64.9 Å². The standard InChI is InChI=1S/C23H26N3O3/c1-3-16-8-9-21(25-14-16)23(28-22(27)13-17-12-15(2)26-29-17)19-10-11-24-20-7-5-4-6-18(19)20/h4-7,10-12,16,21,23H,3,8-9,13-14H2,1-2H3/q-1/t16-,21-,23+/m1/s1. The molecule has 1 aliphatic rings. The van der Waals surface area contributed by atoms with Crippen LogP contribution in [0.25, 0.3) is 16.2 Å². The number of aromatic nitrogens is 2. The molecule has 2 aromatic heterocycles. The van der Waals surface area contributed by atoms with Gasteiger partial charge in [0.1, 0.15) is 18.3 Å². The van der Waals surface area contributed by atoms with Crippen LogP contribution >= 0.6 is 0 Å². The van der Waals surface area contributed by atoms with Crippen molar-refractivity contribution in [1.29, 1.82) is 0 Å². The van der Waals surface area contributed by atoms with Crippen LogP contribution in [0.3, 0.4) is 0 Å². The van der Waals surface area contributed by atoms with Gasteiger partial charge in [-0.1, -0.05) is 61.5 Å². The minimum atomic E-state index is -0.433. The summed E-state index contributed by atoms with van der Waals surface area (Å²) in [5.41, 5.74) is 2.60. The van der Waals surface area contributed by atoms with Crippen LogP contribution in [-0.4, -0.2) is 28.7 Å². The maximum atomic E-state index is 12.7. The molecular weight excluding hydrogens is 366 g/mol. The van der Waals surface area contributed by atoms with Gasteiger partial charge in [0.25, 0.3) is 0 Å². The summed E-state index contributed by atoms with van der Waals surface area (Å²) >= 11 is 0. The van der Waals surface area contributed by atoms with Crippen molar-refractivity contribution in [1.82, 2.24) is 10.1 Å². The minimum Gasteiger partial charge on any atom is -0.656 e. The van der Waals surface area contributed by atoms with Gasteiger partial charge in [0.05, 0.1) is 11.2 Å². The van der Waals surface area contributed by atoms with E-state index in [1.165, 1.54) is 0 Å². The predicted octanol–water partition coefficient (Wildman–Crippen LogP) is 4.92. The fourth-order valence-corrected chi connectivity index (χ4v) is 3.99. The molecule has 0 saturated carbocycles. The number of pyridine rings is 1. The van der Waals surface area contributed by atoms with Gasteiger partial charge in [0, 0.05) is 23.2 Å². The second-order valence-electron chi connectivity index (χ2n) is 7.72. The first kappa shape index (κ1) is 19.6. The van der Waals surface area contributed by atoms with Crippen LogP contribution in [0.15, 0.2) is 47.1 Å². The lowest BCUT2D eigenvalue weighted by molar-refractivity contribution is -0.149. The quantitative estimate of drug-likeness (QED) is 0.556. The number of ether oxygens (including phenoxy) is 1. The molecule has 3 atom stereocenters. The molecular formula is C23H26N3O3-. The van der Waals surface area contributed by atoms with E-state index in [1.54, 1.807) is 12.3 Å². The zero-order valence-electron chi connectivity index (χ0n) is 16.9. The second kappa shape index (κ2) is 8.74. The van der Waals surface area contributed by atoms with E-state index in [1.807, 2.05) is 37.3 Å². The van der Waals surface area contributed by atoms with Gasteiger partial charge >= 0.3 is 5.97 Å². The summed E-state index contributed by atoms with van der Waals surface area (Å²) in [4.78, 5) is 17.2. The van der Waals surface area contributed by atoms with Crippen molar-refractivity contribution in [3.8, 4) is 0 Å². The molecule has 0 N–H and O–H groups in total. The summed E-state index contributed by atoms with van der Waals surface area (Å²) < 4.78 is 11.2. The molecule has 0 spiro atoms. The number of fused-ring (bicyclic) bond motifs is 1. The number of para-hydroxylation sites is 1. The van der Waals surface area contributed by atoms with Gasteiger partial charge in [-0.2, -0.15) is 0 Å². The van der Waals surface area contributed by atoms with Crippen LogP contribution in [0.5, 0.6) is 0 Å². The average molecular weight is 392 g/mol. The Kier molecular flexibility index (Phi) is 5.90. The zero-order valence-corrected chi connectivity index (χ0v) is 16.9. The lowest BCUT2D eigenvalue weighted by atomic mass is 9.87. The Morgan fingerprint density at radius 1 is 1.31 bits per heavy atom. The maximum Gasteiger partial charge on any atom is 0.314 e. The molecule has 29 heavy (non-hydrogen) atoms. The fraction of sp³-hybridized carbons (Fsp3) is 0.435. The second-order valence-corrected chi connectivity index (χ2v) is 7.72. The van der Waals surface area contributed by atoms with Crippen LogP contribution in [0.1, 0.15) is 49.3 Å². The Labute approximate surface area is 170 Å². The Morgan fingerprint density at radius 2 is 2.17 bits per heavy atom. The first-order chi connectivity index (χ1) is 14.1.